The molecule has 1 N–H and O–H groups in total. The molecule has 1 heterocycles. The van der Waals surface area contributed by atoms with Gasteiger partial charge in [-0.25, -0.2) is 8.42 Å². The Morgan fingerprint density at radius 3 is 2.29 bits per heavy atom. The molecule has 0 fully saturated rings. The zero-order valence-electron chi connectivity index (χ0n) is 17.3. The van der Waals surface area contributed by atoms with Crippen LogP contribution in [-0.4, -0.2) is 25.2 Å². The zero-order chi connectivity index (χ0) is 22.8. The number of nitrogens with one attached hydrogen (secondary N) is 1. The molecule has 0 saturated carbocycles. The monoisotopic (exact) mass is 480 g/mol. The van der Waals surface area contributed by atoms with Crippen LogP contribution in [0.25, 0.3) is 0 Å². The molecule has 1 amide bonds. The number of aryl methyl sites for hydroxylation is 3. The van der Waals surface area contributed by atoms with E-state index in [1.807, 2.05) is 32.9 Å². The van der Waals surface area contributed by atoms with Crippen molar-refractivity contribution < 1.29 is 17.6 Å². The number of anilines is 1. The van der Waals surface area contributed by atoms with Crippen molar-refractivity contribution >= 4 is 44.8 Å². The Hall–Kier alpha value is -2.32. The first-order valence-corrected chi connectivity index (χ1v) is 11.6. The van der Waals surface area contributed by atoms with E-state index in [1.54, 1.807) is 12.1 Å². The number of carbonyl (C=O) groups excluding carboxylic acids is 1. The third-order valence-corrected chi connectivity index (χ3v) is 7.23. The van der Waals surface area contributed by atoms with E-state index in [4.69, 9.17) is 27.6 Å². The highest BCUT2D eigenvalue weighted by Crippen LogP contribution is 2.28. The summed E-state index contributed by atoms with van der Waals surface area (Å²) >= 11 is 11.9. The van der Waals surface area contributed by atoms with Crippen molar-refractivity contribution in [1.82, 2.24) is 4.31 Å². The third kappa shape index (κ3) is 5.49. The number of halogens is 2. The zero-order valence-corrected chi connectivity index (χ0v) is 19.6. The topological polar surface area (TPSA) is 79.6 Å². The number of furan rings is 1. The predicted molar refractivity (Wildman–Crippen MR) is 122 cm³/mol. The first kappa shape index (κ1) is 23.3. The largest absolute Gasteiger partial charge is 0.468 e. The minimum absolute atomic E-state index is 0.0658. The summed E-state index contributed by atoms with van der Waals surface area (Å²) in [6.07, 6.45) is 1.44. The van der Waals surface area contributed by atoms with Gasteiger partial charge in [0.05, 0.1) is 34.3 Å². The quantitative estimate of drug-likeness (QED) is 0.494. The number of sulfonamides is 1. The van der Waals surface area contributed by atoms with Gasteiger partial charge in [0.15, 0.2) is 0 Å². The van der Waals surface area contributed by atoms with Gasteiger partial charge >= 0.3 is 0 Å². The lowest BCUT2D eigenvalue weighted by Gasteiger charge is -2.22. The standard InChI is InChI=1S/C22H22Cl2N2O4S/c1-14-9-15(2)22(16(3)10-14)25-21(27)13-26(12-17-5-4-8-30-17)31(28,29)18-6-7-19(23)20(24)11-18/h4-11H,12-13H2,1-3H3,(H,25,27). The van der Waals surface area contributed by atoms with E-state index in [0.29, 0.717) is 11.4 Å². The molecular formula is C22H22Cl2N2O4S. The third-order valence-electron chi connectivity index (χ3n) is 4.70. The van der Waals surface area contributed by atoms with Crippen LogP contribution >= 0.6 is 23.2 Å². The molecule has 0 unspecified atom stereocenters. The van der Waals surface area contributed by atoms with Crippen molar-refractivity contribution in [3.05, 3.63) is 81.2 Å². The number of carbonyl (C=O) groups is 1. The molecule has 0 aliphatic carbocycles. The molecular weight excluding hydrogens is 459 g/mol. The number of hydrogen-bond donors (Lipinski definition) is 1. The lowest BCUT2D eigenvalue weighted by atomic mass is 10.1. The molecule has 0 spiro atoms. The maximum absolute atomic E-state index is 13.3. The molecule has 9 heteroatoms. The smallest absolute Gasteiger partial charge is 0.244 e. The van der Waals surface area contributed by atoms with Crippen LogP contribution in [0.1, 0.15) is 22.5 Å². The number of amides is 1. The van der Waals surface area contributed by atoms with Crippen LogP contribution in [0.4, 0.5) is 5.69 Å². The first-order valence-electron chi connectivity index (χ1n) is 9.43. The van der Waals surface area contributed by atoms with Gasteiger partial charge < -0.3 is 9.73 Å². The summed E-state index contributed by atoms with van der Waals surface area (Å²) < 4.78 is 32.9. The number of hydrogen-bond acceptors (Lipinski definition) is 4. The van der Waals surface area contributed by atoms with Crippen LogP contribution in [0.3, 0.4) is 0 Å². The molecule has 3 rings (SSSR count). The number of benzene rings is 2. The Kier molecular flexibility index (Phi) is 7.11. The lowest BCUT2D eigenvalue weighted by molar-refractivity contribution is -0.116. The molecule has 1 aromatic heterocycles. The van der Waals surface area contributed by atoms with Gasteiger partial charge in [-0.15, -0.1) is 0 Å². The van der Waals surface area contributed by atoms with E-state index in [9.17, 15) is 13.2 Å². The highest BCUT2D eigenvalue weighted by atomic mass is 35.5. The van der Waals surface area contributed by atoms with Crippen molar-refractivity contribution in [3.63, 3.8) is 0 Å². The second-order valence-electron chi connectivity index (χ2n) is 7.25. The number of nitrogens with zero attached hydrogens (tertiary/aromatic N) is 1. The highest BCUT2D eigenvalue weighted by molar-refractivity contribution is 7.89. The van der Waals surface area contributed by atoms with Gasteiger partial charge in [-0.05, 0) is 62.2 Å². The number of rotatable bonds is 7. The van der Waals surface area contributed by atoms with E-state index in [-0.39, 0.29) is 21.5 Å². The van der Waals surface area contributed by atoms with Crippen molar-refractivity contribution in [2.45, 2.75) is 32.2 Å². The van der Waals surface area contributed by atoms with Crippen LogP contribution in [0.2, 0.25) is 10.0 Å². The average Bonchev–Trinajstić information content (AvgIpc) is 3.19. The van der Waals surface area contributed by atoms with Crippen LogP contribution in [0.15, 0.2) is 58.0 Å². The first-order chi connectivity index (χ1) is 14.6. The van der Waals surface area contributed by atoms with Crippen LogP contribution in [-0.2, 0) is 21.4 Å². The highest BCUT2D eigenvalue weighted by Gasteiger charge is 2.28. The van der Waals surface area contributed by atoms with Gasteiger partial charge in [-0.3, -0.25) is 4.79 Å². The molecule has 164 valence electrons. The van der Waals surface area contributed by atoms with Gasteiger partial charge in [0.1, 0.15) is 5.76 Å². The summed E-state index contributed by atoms with van der Waals surface area (Å²) in [4.78, 5) is 12.8. The molecule has 0 bridgehead atoms. The molecule has 0 atom stereocenters. The Labute approximate surface area is 191 Å². The normalized spacial score (nSPS) is 11.7. The summed E-state index contributed by atoms with van der Waals surface area (Å²) in [6.45, 7) is 5.23. The lowest BCUT2D eigenvalue weighted by Crippen LogP contribution is -2.37. The molecule has 31 heavy (non-hydrogen) atoms. The van der Waals surface area contributed by atoms with Gasteiger partial charge in [0, 0.05) is 5.69 Å². The average molecular weight is 481 g/mol. The summed E-state index contributed by atoms with van der Waals surface area (Å²) in [6, 6.07) is 11.2. The molecule has 2 aromatic carbocycles. The summed E-state index contributed by atoms with van der Waals surface area (Å²) in [7, 11) is -4.06. The van der Waals surface area contributed by atoms with E-state index < -0.39 is 22.5 Å². The maximum Gasteiger partial charge on any atom is 0.244 e. The Bertz CT molecular complexity index is 1190. The van der Waals surface area contributed by atoms with Crippen LogP contribution in [0.5, 0.6) is 0 Å². The van der Waals surface area contributed by atoms with Gasteiger partial charge in [0.2, 0.25) is 15.9 Å². The minimum Gasteiger partial charge on any atom is -0.468 e. The summed E-state index contributed by atoms with van der Waals surface area (Å²) in [5, 5.41) is 3.18. The van der Waals surface area contributed by atoms with Crippen LogP contribution in [0, 0.1) is 20.8 Å². The van der Waals surface area contributed by atoms with Gasteiger partial charge in [-0.2, -0.15) is 4.31 Å². The van der Waals surface area contributed by atoms with E-state index in [1.165, 1.54) is 24.5 Å². The fraction of sp³-hybridized carbons (Fsp3) is 0.227. The molecule has 0 aliphatic rings. The SMILES string of the molecule is Cc1cc(C)c(NC(=O)CN(Cc2ccco2)S(=O)(=O)c2ccc(Cl)c(Cl)c2)c(C)c1. The second kappa shape index (κ2) is 9.44. The van der Waals surface area contributed by atoms with E-state index in [2.05, 4.69) is 5.32 Å². The Morgan fingerprint density at radius 1 is 1.03 bits per heavy atom. The van der Waals surface area contributed by atoms with Crippen molar-refractivity contribution in [2.75, 3.05) is 11.9 Å². The molecule has 3 aromatic rings. The fourth-order valence-electron chi connectivity index (χ4n) is 3.30. The van der Waals surface area contributed by atoms with Crippen molar-refractivity contribution in [3.8, 4) is 0 Å². The van der Waals surface area contributed by atoms with Crippen molar-refractivity contribution in [2.24, 2.45) is 0 Å². The summed E-state index contributed by atoms with van der Waals surface area (Å²) in [5.41, 5.74) is 3.54. The van der Waals surface area contributed by atoms with E-state index in [0.717, 1.165) is 21.0 Å². The Morgan fingerprint density at radius 2 is 1.71 bits per heavy atom. The van der Waals surface area contributed by atoms with Crippen LogP contribution < -0.4 is 5.32 Å². The minimum atomic E-state index is -4.06. The predicted octanol–water partition coefficient (Wildman–Crippen LogP) is 5.34. The maximum atomic E-state index is 13.3. The van der Waals surface area contributed by atoms with Gasteiger partial charge in [0.25, 0.3) is 0 Å². The second-order valence-corrected chi connectivity index (χ2v) is 10.0. The molecule has 0 radical (unpaired) electrons. The van der Waals surface area contributed by atoms with E-state index >= 15 is 0 Å². The molecule has 0 aliphatic heterocycles. The summed E-state index contributed by atoms with van der Waals surface area (Å²) in [5.74, 6) is -0.0654. The van der Waals surface area contributed by atoms with Gasteiger partial charge in [-0.1, -0.05) is 40.9 Å². The molecule has 6 nitrogen and oxygen atoms in total. The fourth-order valence-corrected chi connectivity index (χ4v) is 5.06. The van der Waals surface area contributed by atoms with Crippen molar-refractivity contribution in [1.29, 1.82) is 0 Å². The Balaban J connectivity index is 1.90. The molecule has 0 saturated heterocycles.